The number of carbonyl (C=O) groups is 1. The molecule has 0 aliphatic carbocycles. The number of ether oxygens (including phenoxy) is 2. The van der Waals surface area contributed by atoms with Crippen molar-refractivity contribution in [2.75, 3.05) is 20.3 Å². The van der Waals surface area contributed by atoms with Crippen LogP contribution in [0.3, 0.4) is 0 Å². The molecule has 0 N–H and O–H groups in total. The molecule has 0 unspecified atom stereocenters. The predicted octanol–water partition coefficient (Wildman–Crippen LogP) is 3.29. The highest BCUT2D eigenvalue weighted by atomic mass is 16.6. The van der Waals surface area contributed by atoms with Crippen LogP contribution in [0.1, 0.15) is 28.4 Å². The molecule has 0 atom stereocenters. The summed E-state index contributed by atoms with van der Waals surface area (Å²) in [7, 11) is 1.81. The van der Waals surface area contributed by atoms with Crippen LogP contribution in [0.15, 0.2) is 42.5 Å². The standard InChI is InChI=1S/C19H21NO3/c1-3-14-4-7-16(8-5-14)19(21)20(2)13-15-6-9-17-18(12-15)23-11-10-22-17/h4-9,12H,3,10-11,13H2,1-2H3. The summed E-state index contributed by atoms with van der Waals surface area (Å²) in [5.74, 6) is 1.54. The van der Waals surface area contributed by atoms with Gasteiger partial charge in [-0.05, 0) is 41.8 Å². The van der Waals surface area contributed by atoms with Gasteiger partial charge >= 0.3 is 0 Å². The molecule has 1 aliphatic heterocycles. The second-order valence-electron chi connectivity index (χ2n) is 5.69. The van der Waals surface area contributed by atoms with E-state index < -0.39 is 0 Å². The van der Waals surface area contributed by atoms with Crippen LogP contribution in [0.5, 0.6) is 11.5 Å². The van der Waals surface area contributed by atoms with E-state index in [-0.39, 0.29) is 5.91 Å². The van der Waals surface area contributed by atoms with Gasteiger partial charge in [0.25, 0.3) is 5.91 Å². The van der Waals surface area contributed by atoms with Gasteiger partial charge in [0.05, 0.1) is 0 Å². The van der Waals surface area contributed by atoms with Gasteiger partial charge in [-0.1, -0.05) is 25.1 Å². The maximum atomic E-state index is 12.5. The highest BCUT2D eigenvalue weighted by Gasteiger charge is 2.15. The number of aryl methyl sites for hydroxylation is 1. The summed E-state index contributed by atoms with van der Waals surface area (Å²) in [4.78, 5) is 14.2. The van der Waals surface area contributed by atoms with Crippen LogP contribution in [-0.4, -0.2) is 31.1 Å². The van der Waals surface area contributed by atoms with Gasteiger partial charge in [0.2, 0.25) is 0 Å². The van der Waals surface area contributed by atoms with Crippen molar-refractivity contribution >= 4 is 5.91 Å². The molecular formula is C19H21NO3. The predicted molar refractivity (Wildman–Crippen MR) is 89.0 cm³/mol. The first-order valence-electron chi connectivity index (χ1n) is 7.90. The molecule has 1 heterocycles. The number of rotatable bonds is 4. The Morgan fingerprint density at radius 1 is 1.00 bits per heavy atom. The average molecular weight is 311 g/mol. The van der Waals surface area contributed by atoms with Gasteiger partial charge in [-0.15, -0.1) is 0 Å². The number of amides is 1. The first-order chi connectivity index (χ1) is 11.2. The van der Waals surface area contributed by atoms with Crippen molar-refractivity contribution in [1.82, 2.24) is 4.90 Å². The van der Waals surface area contributed by atoms with Crippen LogP contribution >= 0.6 is 0 Å². The molecule has 2 aromatic carbocycles. The SMILES string of the molecule is CCc1ccc(C(=O)N(C)Cc2ccc3c(c2)OCCO3)cc1. The van der Waals surface area contributed by atoms with Crippen LogP contribution in [0, 0.1) is 0 Å². The van der Waals surface area contributed by atoms with Crippen molar-refractivity contribution in [3.05, 3.63) is 59.2 Å². The second kappa shape index (κ2) is 6.73. The lowest BCUT2D eigenvalue weighted by Gasteiger charge is -2.21. The molecule has 0 saturated carbocycles. The molecule has 0 saturated heterocycles. The van der Waals surface area contributed by atoms with E-state index in [1.54, 1.807) is 4.90 Å². The second-order valence-corrected chi connectivity index (χ2v) is 5.69. The van der Waals surface area contributed by atoms with Crippen LogP contribution in [0.4, 0.5) is 0 Å². The minimum absolute atomic E-state index is 0.0162. The third-order valence-corrected chi connectivity index (χ3v) is 3.98. The number of fused-ring (bicyclic) bond motifs is 1. The fourth-order valence-corrected chi connectivity index (χ4v) is 2.64. The molecule has 4 heteroatoms. The smallest absolute Gasteiger partial charge is 0.253 e. The maximum absolute atomic E-state index is 12.5. The van der Waals surface area contributed by atoms with Gasteiger partial charge in [-0.3, -0.25) is 4.79 Å². The summed E-state index contributed by atoms with van der Waals surface area (Å²) >= 11 is 0. The van der Waals surface area contributed by atoms with E-state index in [0.717, 1.165) is 23.5 Å². The van der Waals surface area contributed by atoms with Gasteiger partial charge < -0.3 is 14.4 Å². The quantitative estimate of drug-likeness (QED) is 0.869. The van der Waals surface area contributed by atoms with Crippen molar-refractivity contribution in [3.63, 3.8) is 0 Å². The van der Waals surface area contributed by atoms with E-state index in [9.17, 15) is 4.79 Å². The Morgan fingerprint density at radius 3 is 2.35 bits per heavy atom. The number of carbonyl (C=O) groups excluding carboxylic acids is 1. The van der Waals surface area contributed by atoms with Crippen molar-refractivity contribution in [2.45, 2.75) is 19.9 Å². The summed E-state index contributed by atoms with van der Waals surface area (Å²) in [6.45, 7) is 3.78. The summed E-state index contributed by atoms with van der Waals surface area (Å²) in [6.07, 6.45) is 0.974. The molecule has 1 amide bonds. The number of hydrogen-bond acceptors (Lipinski definition) is 3. The van der Waals surface area contributed by atoms with Gasteiger partial charge in [0.1, 0.15) is 13.2 Å². The fourth-order valence-electron chi connectivity index (χ4n) is 2.64. The van der Waals surface area contributed by atoms with Gasteiger partial charge in [0, 0.05) is 19.2 Å². The molecule has 4 nitrogen and oxygen atoms in total. The topological polar surface area (TPSA) is 38.8 Å². The first kappa shape index (κ1) is 15.4. The lowest BCUT2D eigenvalue weighted by molar-refractivity contribution is 0.0784. The van der Waals surface area contributed by atoms with Crippen LogP contribution in [0.25, 0.3) is 0 Å². The Bertz CT molecular complexity index is 694. The van der Waals surface area contributed by atoms with Crippen LogP contribution in [-0.2, 0) is 13.0 Å². The Hall–Kier alpha value is -2.49. The highest BCUT2D eigenvalue weighted by Crippen LogP contribution is 2.31. The number of hydrogen-bond donors (Lipinski definition) is 0. The lowest BCUT2D eigenvalue weighted by atomic mass is 10.1. The fraction of sp³-hybridized carbons (Fsp3) is 0.316. The van der Waals surface area contributed by atoms with E-state index >= 15 is 0 Å². The molecular weight excluding hydrogens is 290 g/mol. The number of nitrogens with zero attached hydrogens (tertiary/aromatic N) is 1. The van der Waals surface area contributed by atoms with Gasteiger partial charge in [-0.2, -0.15) is 0 Å². The van der Waals surface area contributed by atoms with E-state index in [4.69, 9.17) is 9.47 Å². The Morgan fingerprint density at radius 2 is 1.65 bits per heavy atom. The van der Waals surface area contributed by atoms with E-state index in [0.29, 0.717) is 25.3 Å². The van der Waals surface area contributed by atoms with Crippen molar-refractivity contribution in [1.29, 1.82) is 0 Å². The van der Waals surface area contributed by atoms with Gasteiger partial charge in [-0.25, -0.2) is 0 Å². The van der Waals surface area contributed by atoms with Crippen molar-refractivity contribution in [3.8, 4) is 11.5 Å². The van der Waals surface area contributed by atoms with Crippen molar-refractivity contribution in [2.24, 2.45) is 0 Å². The molecule has 0 aromatic heterocycles. The monoisotopic (exact) mass is 311 g/mol. The highest BCUT2D eigenvalue weighted by molar-refractivity contribution is 5.94. The molecule has 0 fully saturated rings. The molecule has 2 aromatic rings. The molecule has 120 valence electrons. The minimum Gasteiger partial charge on any atom is -0.486 e. The third kappa shape index (κ3) is 3.47. The molecule has 1 aliphatic rings. The zero-order valence-electron chi connectivity index (χ0n) is 13.5. The molecule has 0 spiro atoms. The van der Waals surface area contributed by atoms with Gasteiger partial charge in [0.15, 0.2) is 11.5 Å². The number of benzene rings is 2. The largest absolute Gasteiger partial charge is 0.486 e. The summed E-state index contributed by atoms with van der Waals surface area (Å²) in [5, 5.41) is 0. The van der Waals surface area contributed by atoms with E-state index in [1.807, 2.05) is 49.5 Å². The zero-order chi connectivity index (χ0) is 16.2. The lowest BCUT2D eigenvalue weighted by Crippen LogP contribution is -2.26. The van der Waals surface area contributed by atoms with E-state index in [1.165, 1.54) is 5.56 Å². The maximum Gasteiger partial charge on any atom is 0.253 e. The Kier molecular flexibility index (Phi) is 4.51. The summed E-state index contributed by atoms with van der Waals surface area (Å²) < 4.78 is 11.1. The van der Waals surface area contributed by atoms with E-state index in [2.05, 4.69) is 6.92 Å². The molecule has 3 rings (SSSR count). The van der Waals surface area contributed by atoms with Crippen LogP contribution < -0.4 is 9.47 Å². The average Bonchev–Trinajstić information content (AvgIpc) is 2.61. The summed E-state index contributed by atoms with van der Waals surface area (Å²) in [6, 6.07) is 13.6. The third-order valence-electron chi connectivity index (χ3n) is 3.98. The molecule has 0 radical (unpaired) electrons. The summed E-state index contributed by atoms with van der Waals surface area (Å²) in [5.41, 5.74) is 2.97. The Labute approximate surface area is 136 Å². The van der Waals surface area contributed by atoms with Crippen LogP contribution in [0.2, 0.25) is 0 Å². The molecule has 23 heavy (non-hydrogen) atoms. The Balaban J connectivity index is 1.70. The first-order valence-corrected chi connectivity index (χ1v) is 7.90. The molecule has 0 bridgehead atoms. The normalized spacial score (nSPS) is 12.8. The van der Waals surface area contributed by atoms with Crippen molar-refractivity contribution < 1.29 is 14.3 Å². The zero-order valence-corrected chi connectivity index (χ0v) is 13.5. The minimum atomic E-state index is 0.0162.